The third-order valence-corrected chi connectivity index (χ3v) is 14.2. The molecule has 0 amide bonds. The van der Waals surface area contributed by atoms with Gasteiger partial charge in [-0.2, -0.15) is 0 Å². The minimum Gasteiger partial charge on any atom is -0.496 e. The highest BCUT2D eigenvalue weighted by atomic mass is 32.1. The second-order valence-electron chi connectivity index (χ2n) is 12.7. The van der Waals surface area contributed by atoms with E-state index in [1.54, 1.807) is 18.4 Å². The Labute approximate surface area is 226 Å². The summed E-state index contributed by atoms with van der Waals surface area (Å²) in [5.74, 6) is 1.22. The second kappa shape index (κ2) is 11.9. The highest BCUT2D eigenvalue weighted by molar-refractivity contribution is 7.13. The molecule has 1 atom stereocenters. The largest absolute Gasteiger partial charge is 0.496 e. The van der Waals surface area contributed by atoms with Crippen LogP contribution in [0, 0.1) is 5.92 Å². The van der Waals surface area contributed by atoms with Crippen molar-refractivity contribution in [2.75, 3.05) is 20.3 Å². The number of carbonyl (C=O) groups excluding carboxylic acids is 1. The van der Waals surface area contributed by atoms with Gasteiger partial charge in [-0.1, -0.05) is 47.6 Å². The number of carbonyl (C=O) groups is 1. The van der Waals surface area contributed by atoms with Gasteiger partial charge in [0.15, 0.2) is 24.4 Å². The molecule has 0 bridgehead atoms. The quantitative estimate of drug-likeness (QED) is 0.204. The zero-order valence-corrected chi connectivity index (χ0v) is 27.3. The number of hydrogen-bond acceptors (Lipinski definition) is 6. The van der Waals surface area contributed by atoms with Crippen LogP contribution in [-0.2, 0) is 8.85 Å². The van der Waals surface area contributed by atoms with Crippen molar-refractivity contribution in [1.29, 1.82) is 0 Å². The van der Waals surface area contributed by atoms with E-state index in [9.17, 15) is 4.79 Å². The van der Waals surface area contributed by atoms with E-state index in [2.05, 4.69) is 68.5 Å². The molecule has 0 radical (unpaired) electrons. The lowest BCUT2D eigenvalue weighted by molar-refractivity contribution is -0.00609. The van der Waals surface area contributed by atoms with E-state index < -0.39 is 23.7 Å². The van der Waals surface area contributed by atoms with Gasteiger partial charge in [-0.15, -0.1) is 11.3 Å². The number of aldehydes is 1. The zero-order valence-electron chi connectivity index (χ0n) is 24.1. The normalized spacial score (nSPS) is 14.3. The maximum atomic E-state index is 11.7. The Kier molecular flexibility index (Phi) is 10.2. The Bertz CT molecular complexity index is 989. The van der Waals surface area contributed by atoms with Gasteiger partial charge in [-0.25, -0.2) is 0 Å². The third-order valence-electron chi connectivity index (χ3n) is 7.00. The van der Waals surface area contributed by atoms with Gasteiger partial charge >= 0.3 is 0 Å². The molecule has 0 aliphatic heterocycles. The molecule has 202 valence electrons. The van der Waals surface area contributed by atoms with Gasteiger partial charge in [0.2, 0.25) is 0 Å². The van der Waals surface area contributed by atoms with Crippen molar-refractivity contribution >= 4 is 35.7 Å². The Hall–Kier alpha value is -1.46. The number of ether oxygens (including phenoxy) is 2. The summed E-state index contributed by atoms with van der Waals surface area (Å²) in [6.07, 6.45) is 0.823. The van der Waals surface area contributed by atoms with Gasteiger partial charge in [0, 0.05) is 29.0 Å². The molecule has 1 aromatic heterocycles. The van der Waals surface area contributed by atoms with E-state index in [1.165, 1.54) is 0 Å². The van der Waals surface area contributed by atoms with Crippen LogP contribution in [0.15, 0.2) is 29.6 Å². The fraction of sp³-hybridized carbons (Fsp3) is 0.607. The van der Waals surface area contributed by atoms with E-state index in [0.29, 0.717) is 30.3 Å². The monoisotopic (exact) mass is 550 g/mol. The average Bonchev–Trinajstić information content (AvgIpc) is 3.30. The van der Waals surface area contributed by atoms with Crippen LogP contribution in [0.2, 0.25) is 23.2 Å². The first-order valence-electron chi connectivity index (χ1n) is 12.6. The third kappa shape index (κ3) is 8.28. The van der Waals surface area contributed by atoms with Crippen LogP contribution in [0.3, 0.4) is 0 Å². The van der Waals surface area contributed by atoms with E-state index in [-0.39, 0.29) is 16.0 Å². The Morgan fingerprint density at radius 1 is 1.03 bits per heavy atom. The number of thiophene rings is 1. The molecule has 0 saturated heterocycles. The summed E-state index contributed by atoms with van der Waals surface area (Å²) in [6, 6.07) is 7.71. The Balaban J connectivity index is 2.38. The van der Waals surface area contributed by atoms with Crippen molar-refractivity contribution in [3.63, 3.8) is 0 Å². The zero-order chi connectivity index (χ0) is 27.4. The molecule has 1 unspecified atom stereocenters. The maximum absolute atomic E-state index is 11.7. The van der Waals surface area contributed by atoms with Crippen molar-refractivity contribution in [3.8, 4) is 21.9 Å². The van der Waals surface area contributed by atoms with Crippen molar-refractivity contribution < 1.29 is 23.1 Å². The van der Waals surface area contributed by atoms with E-state index >= 15 is 0 Å². The first kappa shape index (κ1) is 30.8. The first-order chi connectivity index (χ1) is 16.5. The molecule has 1 heterocycles. The fourth-order valence-electron chi connectivity index (χ4n) is 3.28. The van der Waals surface area contributed by atoms with Crippen LogP contribution in [0.4, 0.5) is 0 Å². The molecule has 36 heavy (non-hydrogen) atoms. The van der Waals surface area contributed by atoms with Gasteiger partial charge < -0.3 is 18.3 Å². The molecule has 1 aromatic carbocycles. The van der Waals surface area contributed by atoms with Crippen LogP contribution in [0.5, 0.6) is 11.5 Å². The van der Waals surface area contributed by atoms with Crippen molar-refractivity contribution in [3.05, 3.63) is 35.2 Å². The van der Waals surface area contributed by atoms with Crippen LogP contribution in [0.1, 0.15) is 65.7 Å². The fourth-order valence-corrected chi connectivity index (χ4v) is 6.12. The van der Waals surface area contributed by atoms with Crippen molar-refractivity contribution in [2.45, 2.75) is 84.2 Å². The molecule has 0 fully saturated rings. The predicted octanol–water partition coefficient (Wildman–Crippen LogP) is 7.35. The first-order valence-corrected chi connectivity index (χ1v) is 17.7. The Morgan fingerprint density at radius 3 is 2.19 bits per heavy atom. The molecule has 0 saturated carbocycles. The van der Waals surface area contributed by atoms with E-state index in [1.807, 2.05) is 29.6 Å². The number of methoxy groups -OCH3 is 1. The molecule has 0 aliphatic carbocycles. The van der Waals surface area contributed by atoms with Crippen molar-refractivity contribution in [1.82, 2.24) is 0 Å². The number of hydrogen-bond donors (Lipinski definition) is 0. The standard InChI is InChI=1S/C28H46O5SSi2/c1-26(2,3)35-33-28(7,8)21(19-32-36(10,11)27(4,5)6)18-31-24-16-23(30-9)20(17-29)15-22(24)25-13-12-14-34-25/h12-17,21H,18-19,35H2,1-11H3. The lowest BCUT2D eigenvalue weighted by Crippen LogP contribution is -2.47. The van der Waals surface area contributed by atoms with Gasteiger partial charge in [0.05, 0.1) is 24.9 Å². The van der Waals surface area contributed by atoms with E-state index in [4.69, 9.17) is 18.3 Å². The summed E-state index contributed by atoms with van der Waals surface area (Å²) in [7, 11) is -1.16. The molecule has 0 spiro atoms. The topological polar surface area (TPSA) is 54.0 Å². The number of benzene rings is 1. The highest BCUT2D eigenvalue weighted by Crippen LogP contribution is 2.40. The highest BCUT2D eigenvalue weighted by Gasteiger charge is 2.40. The molecular weight excluding hydrogens is 505 g/mol. The summed E-state index contributed by atoms with van der Waals surface area (Å²) < 4.78 is 25.3. The SMILES string of the molecule is COc1cc(OCC(CO[Si](C)(C)C(C)(C)C)C(C)(C)O[SiH2]C(C)(C)C)c(-c2cccs2)cc1C=O. The summed E-state index contributed by atoms with van der Waals surface area (Å²) in [5, 5.41) is 2.33. The van der Waals surface area contributed by atoms with Crippen LogP contribution < -0.4 is 9.47 Å². The predicted molar refractivity (Wildman–Crippen MR) is 157 cm³/mol. The molecule has 8 heteroatoms. The van der Waals surface area contributed by atoms with Crippen LogP contribution >= 0.6 is 11.3 Å². The Morgan fingerprint density at radius 2 is 1.69 bits per heavy atom. The lowest BCUT2D eigenvalue weighted by atomic mass is 9.92. The van der Waals surface area contributed by atoms with Gasteiger partial charge in [0.1, 0.15) is 11.5 Å². The molecule has 0 aliphatic rings. The minimum absolute atomic E-state index is 0.0226. The molecule has 5 nitrogen and oxygen atoms in total. The second-order valence-corrected chi connectivity index (χ2v) is 21.2. The van der Waals surface area contributed by atoms with Crippen molar-refractivity contribution in [2.24, 2.45) is 5.92 Å². The molecule has 2 rings (SSSR count). The summed E-state index contributed by atoms with van der Waals surface area (Å²) in [6.45, 7) is 23.4. The van der Waals surface area contributed by atoms with Crippen LogP contribution in [-0.4, -0.2) is 50.3 Å². The van der Waals surface area contributed by atoms with Gasteiger partial charge in [-0.3, -0.25) is 4.79 Å². The lowest BCUT2D eigenvalue weighted by Gasteiger charge is -2.41. The number of rotatable bonds is 12. The molecule has 0 N–H and O–H groups in total. The summed E-state index contributed by atoms with van der Waals surface area (Å²) in [5.41, 5.74) is 0.989. The average molecular weight is 551 g/mol. The summed E-state index contributed by atoms with van der Waals surface area (Å²) >= 11 is 1.61. The molecule has 2 aromatic rings. The maximum Gasteiger partial charge on any atom is 0.191 e. The van der Waals surface area contributed by atoms with Gasteiger partial charge in [-0.05, 0) is 54.5 Å². The van der Waals surface area contributed by atoms with Gasteiger partial charge in [0.25, 0.3) is 0 Å². The smallest absolute Gasteiger partial charge is 0.191 e. The van der Waals surface area contributed by atoms with E-state index in [0.717, 1.165) is 16.7 Å². The minimum atomic E-state index is -1.95. The van der Waals surface area contributed by atoms with Crippen LogP contribution in [0.25, 0.3) is 10.4 Å². The summed E-state index contributed by atoms with van der Waals surface area (Å²) in [4.78, 5) is 12.7. The molecular formula is C28H46O5SSi2.